The van der Waals surface area contributed by atoms with Crippen LogP contribution in [-0.2, 0) is 0 Å². The number of ether oxygens (including phenoxy) is 1. The van der Waals surface area contributed by atoms with Crippen LogP contribution in [0.25, 0.3) is 0 Å². The second kappa shape index (κ2) is 5.92. The first-order valence-corrected chi connectivity index (χ1v) is 6.15. The van der Waals surface area contributed by atoms with Gasteiger partial charge in [0.05, 0.1) is 6.61 Å². The zero-order valence-electron chi connectivity index (χ0n) is 11.4. The lowest BCUT2D eigenvalue weighted by Gasteiger charge is -2.25. The van der Waals surface area contributed by atoms with E-state index in [1.54, 1.807) is 0 Å². The number of benzene rings is 1. The number of nitrogens with two attached hydrogens (primary N) is 1. The number of anilines is 1. The van der Waals surface area contributed by atoms with Gasteiger partial charge in [0.25, 0.3) is 0 Å². The third-order valence-corrected chi connectivity index (χ3v) is 2.68. The maximum atomic E-state index is 5.98. The summed E-state index contributed by atoms with van der Waals surface area (Å²) in [5, 5.41) is 0. The molecule has 0 saturated carbocycles. The third-order valence-electron chi connectivity index (χ3n) is 2.68. The molecule has 0 aliphatic rings. The minimum absolute atomic E-state index is 0.112. The highest BCUT2D eigenvalue weighted by Gasteiger charge is 2.11. The lowest BCUT2D eigenvalue weighted by atomic mass is 10.0. The molecule has 1 aromatic rings. The van der Waals surface area contributed by atoms with Crippen LogP contribution in [0.2, 0.25) is 0 Å². The zero-order chi connectivity index (χ0) is 12.9. The number of rotatable bonds is 6. The van der Waals surface area contributed by atoms with Crippen molar-refractivity contribution in [3.8, 4) is 5.75 Å². The van der Waals surface area contributed by atoms with Crippen LogP contribution in [0.5, 0.6) is 5.75 Å². The minimum atomic E-state index is -0.112. The second-order valence-corrected chi connectivity index (χ2v) is 5.09. The van der Waals surface area contributed by atoms with Crippen molar-refractivity contribution in [2.24, 2.45) is 5.73 Å². The van der Waals surface area contributed by atoms with Crippen LogP contribution in [0.4, 0.5) is 5.69 Å². The van der Waals surface area contributed by atoms with Gasteiger partial charge >= 0.3 is 0 Å². The molecule has 0 fully saturated rings. The Hall–Kier alpha value is -1.22. The smallest absolute Gasteiger partial charge is 0.119 e. The molecule has 0 heterocycles. The van der Waals surface area contributed by atoms with Gasteiger partial charge in [-0.3, -0.25) is 0 Å². The average molecular weight is 236 g/mol. The zero-order valence-corrected chi connectivity index (χ0v) is 11.4. The molecule has 0 aliphatic heterocycles. The molecule has 1 rings (SSSR count). The van der Waals surface area contributed by atoms with Gasteiger partial charge in [0.1, 0.15) is 5.75 Å². The summed E-state index contributed by atoms with van der Waals surface area (Å²) in [6.07, 6.45) is 0.969. The Balaban J connectivity index is 2.54. The van der Waals surface area contributed by atoms with Crippen LogP contribution < -0.4 is 15.4 Å². The summed E-state index contributed by atoms with van der Waals surface area (Å²) in [5.41, 5.74) is 7.06. The van der Waals surface area contributed by atoms with Gasteiger partial charge in [0.2, 0.25) is 0 Å². The lowest BCUT2D eigenvalue weighted by Crippen LogP contribution is -2.36. The standard InChI is InChI=1S/C14H24N2O/c1-5-17-13-8-6-12(7-9-13)16(4)11-10-14(2,3)15/h6-9H,5,10-11,15H2,1-4H3. The van der Waals surface area contributed by atoms with Crippen molar-refractivity contribution in [3.05, 3.63) is 24.3 Å². The van der Waals surface area contributed by atoms with Crippen LogP contribution in [0.1, 0.15) is 27.2 Å². The van der Waals surface area contributed by atoms with Crippen molar-refractivity contribution in [2.75, 3.05) is 25.1 Å². The Morgan fingerprint density at radius 2 is 1.82 bits per heavy atom. The SMILES string of the molecule is CCOc1ccc(N(C)CCC(C)(C)N)cc1. The topological polar surface area (TPSA) is 38.5 Å². The summed E-state index contributed by atoms with van der Waals surface area (Å²) in [4.78, 5) is 2.21. The summed E-state index contributed by atoms with van der Waals surface area (Å²) in [7, 11) is 2.08. The van der Waals surface area contributed by atoms with Gasteiger partial charge in [-0.15, -0.1) is 0 Å². The molecule has 0 unspecified atom stereocenters. The fraction of sp³-hybridized carbons (Fsp3) is 0.571. The first-order valence-electron chi connectivity index (χ1n) is 6.15. The van der Waals surface area contributed by atoms with Crippen molar-refractivity contribution >= 4 is 5.69 Å². The Bertz CT molecular complexity index is 327. The Kier molecular flexibility index (Phi) is 4.82. The minimum Gasteiger partial charge on any atom is -0.494 e. The van der Waals surface area contributed by atoms with Gasteiger partial charge in [-0.2, -0.15) is 0 Å². The van der Waals surface area contributed by atoms with Gasteiger partial charge < -0.3 is 15.4 Å². The predicted molar refractivity (Wildman–Crippen MR) is 73.8 cm³/mol. The van der Waals surface area contributed by atoms with Gasteiger partial charge in [0, 0.05) is 24.8 Å². The van der Waals surface area contributed by atoms with E-state index in [2.05, 4.69) is 37.9 Å². The maximum absolute atomic E-state index is 5.98. The third kappa shape index (κ3) is 5.09. The molecular formula is C14H24N2O. The lowest BCUT2D eigenvalue weighted by molar-refractivity contribution is 0.340. The van der Waals surface area contributed by atoms with E-state index in [9.17, 15) is 0 Å². The quantitative estimate of drug-likeness (QED) is 0.825. The van der Waals surface area contributed by atoms with Crippen LogP contribution in [0, 0.1) is 0 Å². The van der Waals surface area contributed by atoms with E-state index in [1.165, 1.54) is 5.69 Å². The molecule has 0 aromatic heterocycles. The highest BCUT2D eigenvalue weighted by molar-refractivity contribution is 5.48. The van der Waals surface area contributed by atoms with Crippen molar-refractivity contribution in [1.82, 2.24) is 0 Å². The molecule has 0 bridgehead atoms. The molecule has 96 valence electrons. The fourth-order valence-electron chi connectivity index (χ4n) is 1.55. The number of hydrogen-bond acceptors (Lipinski definition) is 3. The van der Waals surface area contributed by atoms with E-state index in [0.717, 1.165) is 18.7 Å². The van der Waals surface area contributed by atoms with Crippen LogP contribution in [0.3, 0.4) is 0 Å². The van der Waals surface area contributed by atoms with Crippen molar-refractivity contribution < 1.29 is 4.74 Å². The van der Waals surface area contributed by atoms with E-state index < -0.39 is 0 Å². The van der Waals surface area contributed by atoms with Gasteiger partial charge in [-0.25, -0.2) is 0 Å². The average Bonchev–Trinajstić information content (AvgIpc) is 2.26. The van der Waals surface area contributed by atoms with Crippen molar-refractivity contribution in [2.45, 2.75) is 32.7 Å². The second-order valence-electron chi connectivity index (χ2n) is 5.09. The molecule has 3 heteroatoms. The van der Waals surface area contributed by atoms with Gasteiger partial charge in [-0.05, 0) is 51.5 Å². The highest BCUT2D eigenvalue weighted by Crippen LogP contribution is 2.19. The van der Waals surface area contributed by atoms with E-state index in [-0.39, 0.29) is 5.54 Å². The highest BCUT2D eigenvalue weighted by atomic mass is 16.5. The normalized spacial score (nSPS) is 11.4. The molecule has 1 aromatic carbocycles. The van der Waals surface area contributed by atoms with Gasteiger partial charge in [-0.1, -0.05) is 0 Å². The molecule has 17 heavy (non-hydrogen) atoms. The molecule has 0 atom stereocenters. The Labute approximate surface area is 105 Å². The van der Waals surface area contributed by atoms with E-state index in [1.807, 2.05) is 19.1 Å². The largest absolute Gasteiger partial charge is 0.494 e. The molecule has 2 N–H and O–H groups in total. The summed E-state index contributed by atoms with van der Waals surface area (Å²) in [6.45, 7) is 7.76. The molecule has 0 amide bonds. The number of nitrogens with zero attached hydrogens (tertiary/aromatic N) is 1. The van der Waals surface area contributed by atoms with Gasteiger partial charge in [0.15, 0.2) is 0 Å². The molecule has 3 nitrogen and oxygen atoms in total. The van der Waals surface area contributed by atoms with Crippen LogP contribution >= 0.6 is 0 Å². The van der Waals surface area contributed by atoms with Crippen molar-refractivity contribution in [3.63, 3.8) is 0 Å². The van der Waals surface area contributed by atoms with E-state index >= 15 is 0 Å². The van der Waals surface area contributed by atoms with Crippen molar-refractivity contribution in [1.29, 1.82) is 0 Å². The summed E-state index contributed by atoms with van der Waals surface area (Å²) in [5.74, 6) is 0.920. The van der Waals surface area contributed by atoms with E-state index in [4.69, 9.17) is 10.5 Å². The summed E-state index contributed by atoms with van der Waals surface area (Å²) < 4.78 is 5.42. The molecule has 0 saturated heterocycles. The summed E-state index contributed by atoms with van der Waals surface area (Å²) >= 11 is 0. The first-order chi connectivity index (χ1) is 7.92. The predicted octanol–water partition coefficient (Wildman–Crippen LogP) is 2.65. The monoisotopic (exact) mass is 236 g/mol. The van der Waals surface area contributed by atoms with E-state index in [0.29, 0.717) is 6.61 Å². The molecule has 0 radical (unpaired) electrons. The molecule has 0 aliphatic carbocycles. The van der Waals surface area contributed by atoms with Crippen LogP contribution in [-0.4, -0.2) is 25.7 Å². The Morgan fingerprint density at radius 3 is 2.29 bits per heavy atom. The molecule has 0 spiro atoms. The first kappa shape index (κ1) is 13.8. The maximum Gasteiger partial charge on any atom is 0.119 e. The number of hydrogen-bond donors (Lipinski definition) is 1. The summed E-state index contributed by atoms with van der Waals surface area (Å²) in [6, 6.07) is 8.16. The molecular weight excluding hydrogens is 212 g/mol. The fourth-order valence-corrected chi connectivity index (χ4v) is 1.55. The Morgan fingerprint density at radius 1 is 1.24 bits per heavy atom. The van der Waals surface area contributed by atoms with Crippen LogP contribution in [0.15, 0.2) is 24.3 Å².